The van der Waals surface area contributed by atoms with Crippen LogP contribution in [-0.4, -0.2) is 35.9 Å². The van der Waals surface area contributed by atoms with E-state index in [2.05, 4.69) is 15.3 Å². The molecular formula is C21H19N5O2. The quantitative estimate of drug-likeness (QED) is 0.706. The van der Waals surface area contributed by atoms with Crippen molar-refractivity contribution in [2.45, 2.75) is 6.92 Å². The fourth-order valence-corrected chi connectivity index (χ4v) is 3.08. The molecule has 1 N–H and O–H groups in total. The van der Waals surface area contributed by atoms with Crippen LogP contribution in [0.4, 0.5) is 23.1 Å². The van der Waals surface area contributed by atoms with Crippen molar-refractivity contribution in [3.63, 3.8) is 0 Å². The molecule has 4 rings (SSSR count). The number of aryl methyl sites for hydroxylation is 1. The Balaban J connectivity index is 1.57. The molecule has 2 heterocycles. The Hall–Kier alpha value is -3.74. The molecule has 0 fully saturated rings. The fraction of sp³-hybridized carbons (Fsp3) is 0.143. The summed E-state index contributed by atoms with van der Waals surface area (Å²) in [5.74, 6) is 0.674. The molecule has 0 saturated heterocycles. The molecule has 28 heavy (non-hydrogen) atoms. The number of benzene rings is 2. The number of imide groups is 1. The molecule has 2 aromatic carbocycles. The smallest absolute Gasteiger partial charge is 0.266 e. The minimum absolute atomic E-state index is 0.307. The topological polar surface area (TPSA) is 78.4 Å². The normalized spacial score (nSPS) is 12.9. The highest BCUT2D eigenvalue weighted by Gasteiger charge is 2.36. The van der Waals surface area contributed by atoms with E-state index >= 15 is 0 Å². The first-order valence-electron chi connectivity index (χ1n) is 8.82. The zero-order valence-corrected chi connectivity index (χ0v) is 15.8. The van der Waals surface area contributed by atoms with Crippen LogP contribution in [0.5, 0.6) is 0 Å². The van der Waals surface area contributed by atoms with Gasteiger partial charge in [-0.2, -0.15) is 4.98 Å². The zero-order valence-electron chi connectivity index (χ0n) is 15.8. The van der Waals surface area contributed by atoms with Crippen LogP contribution in [0, 0.1) is 6.92 Å². The second-order valence-electron chi connectivity index (χ2n) is 6.75. The van der Waals surface area contributed by atoms with Crippen LogP contribution < -0.4 is 15.1 Å². The zero-order chi connectivity index (χ0) is 19.8. The van der Waals surface area contributed by atoms with Crippen molar-refractivity contribution in [2.24, 2.45) is 0 Å². The summed E-state index contributed by atoms with van der Waals surface area (Å²) in [5, 5.41) is 3.16. The molecule has 7 heteroatoms. The van der Waals surface area contributed by atoms with E-state index in [1.54, 1.807) is 48.5 Å². The number of anilines is 4. The van der Waals surface area contributed by atoms with Crippen molar-refractivity contribution in [1.29, 1.82) is 0 Å². The molecule has 140 valence electrons. The van der Waals surface area contributed by atoms with Gasteiger partial charge in [0.2, 0.25) is 5.95 Å². The highest BCUT2D eigenvalue weighted by Crippen LogP contribution is 2.29. The van der Waals surface area contributed by atoms with E-state index in [9.17, 15) is 9.59 Å². The number of nitrogens with zero attached hydrogens (tertiary/aromatic N) is 4. The largest absolute Gasteiger partial charge is 0.363 e. The summed E-state index contributed by atoms with van der Waals surface area (Å²) >= 11 is 0. The average Bonchev–Trinajstić information content (AvgIpc) is 2.93. The molecule has 1 aliphatic rings. The van der Waals surface area contributed by atoms with Crippen LogP contribution in [0.2, 0.25) is 0 Å². The molecule has 0 atom stereocenters. The number of carbonyl (C=O) groups is 2. The maximum atomic E-state index is 12.6. The number of hydrogen-bond donors (Lipinski definition) is 1. The van der Waals surface area contributed by atoms with Gasteiger partial charge in [-0.05, 0) is 43.3 Å². The predicted molar refractivity (Wildman–Crippen MR) is 108 cm³/mol. The Morgan fingerprint density at radius 1 is 0.893 bits per heavy atom. The number of aromatic nitrogens is 2. The monoisotopic (exact) mass is 373 g/mol. The third kappa shape index (κ3) is 3.07. The lowest BCUT2D eigenvalue weighted by Crippen LogP contribution is -2.29. The molecule has 0 saturated carbocycles. The molecule has 0 unspecified atom stereocenters. The number of hydrogen-bond acceptors (Lipinski definition) is 6. The van der Waals surface area contributed by atoms with E-state index in [-0.39, 0.29) is 11.8 Å². The molecule has 1 aliphatic heterocycles. The van der Waals surface area contributed by atoms with Gasteiger partial charge in [-0.25, -0.2) is 9.88 Å². The van der Waals surface area contributed by atoms with Crippen LogP contribution in [0.1, 0.15) is 26.4 Å². The molecule has 3 aromatic rings. The Morgan fingerprint density at radius 2 is 1.50 bits per heavy atom. The van der Waals surface area contributed by atoms with E-state index in [1.165, 1.54) is 4.90 Å². The maximum absolute atomic E-state index is 12.6. The fourth-order valence-electron chi connectivity index (χ4n) is 3.08. The highest BCUT2D eigenvalue weighted by atomic mass is 16.2. The van der Waals surface area contributed by atoms with Crippen molar-refractivity contribution >= 4 is 35.0 Å². The van der Waals surface area contributed by atoms with Crippen molar-refractivity contribution in [3.8, 4) is 0 Å². The number of nitrogens with one attached hydrogen (secondary N) is 1. The van der Waals surface area contributed by atoms with E-state index in [1.807, 2.05) is 32.0 Å². The summed E-state index contributed by atoms with van der Waals surface area (Å²) < 4.78 is 0. The lowest BCUT2D eigenvalue weighted by molar-refractivity contribution is 0.0926. The minimum atomic E-state index is -0.307. The molecule has 0 bridgehead atoms. The second kappa shape index (κ2) is 6.77. The SMILES string of the molecule is Cc1cc(N(C)C)nc(Nc2ccc(N3C(=O)c4ccccc4C3=O)cc2)n1. The van der Waals surface area contributed by atoms with Gasteiger partial charge < -0.3 is 10.2 Å². The van der Waals surface area contributed by atoms with Gasteiger partial charge in [-0.15, -0.1) is 0 Å². The first kappa shape index (κ1) is 17.7. The average molecular weight is 373 g/mol. The number of fused-ring (bicyclic) bond motifs is 1. The van der Waals surface area contributed by atoms with Gasteiger partial charge in [0.05, 0.1) is 16.8 Å². The third-order valence-corrected chi connectivity index (χ3v) is 4.47. The minimum Gasteiger partial charge on any atom is -0.363 e. The van der Waals surface area contributed by atoms with Crippen molar-refractivity contribution in [2.75, 3.05) is 29.2 Å². The highest BCUT2D eigenvalue weighted by molar-refractivity contribution is 6.34. The van der Waals surface area contributed by atoms with Gasteiger partial charge in [-0.1, -0.05) is 12.1 Å². The lowest BCUT2D eigenvalue weighted by atomic mass is 10.1. The molecular weight excluding hydrogens is 354 g/mol. The van der Waals surface area contributed by atoms with Crippen LogP contribution in [0.3, 0.4) is 0 Å². The summed E-state index contributed by atoms with van der Waals surface area (Å²) in [6, 6.07) is 15.8. The van der Waals surface area contributed by atoms with Gasteiger partial charge in [0.1, 0.15) is 5.82 Å². The summed E-state index contributed by atoms with van der Waals surface area (Å²) in [6.45, 7) is 1.91. The van der Waals surface area contributed by atoms with E-state index < -0.39 is 0 Å². The summed E-state index contributed by atoms with van der Waals surface area (Å²) in [4.78, 5) is 37.1. The first-order valence-corrected chi connectivity index (χ1v) is 8.82. The van der Waals surface area contributed by atoms with Crippen LogP contribution >= 0.6 is 0 Å². The van der Waals surface area contributed by atoms with Gasteiger partial charge in [0.15, 0.2) is 0 Å². The summed E-state index contributed by atoms with van der Waals surface area (Å²) in [6.07, 6.45) is 0. The van der Waals surface area contributed by atoms with Gasteiger partial charge in [0.25, 0.3) is 11.8 Å². The van der Waals surface area contributed by atoms with Gasteiger partial charge >= 0.3 is 0 Å². The van der Waals surface area contributed by atoms with E-state index in [0.29, 0.717) is 22.8 Å². The second-order valence-corrected chi connectivity index (χ2v) is 6.75. The van der Waals surface area contributed by atoms with Crippen molar-refractivity contribution in [1.82, 2.24) is 9.97 Å². The molecule has 0 spiro atoms. The molecule has 0 radical (unpaired) electrons. The van der Waals surface area contributed by atoms with E-state index in [0.717, 1.165) is 17.2 Å². The summed E-state index contributed by atoms with van der Waals surface area (Å²) in [5.41, 5.74) is 2.99. The van der Waals surface area contributed by atoms with Crippen molar-refractivity contribution < 1.29 is 9.59 Å². The van der Waals surface area contributed by atoms with Gasteiger partial charge in [0, 0.05) is 31.5 Å². The van der Waals surface area contributed by atoms with Crippen LogP contribution in [0.25, 0.3) is 0 Å². The lowest BCUT2D eigenvalue weighted by Gasteiger charge is -2.15. The van der Waals surface area contributed by atoms with Crippen molar-refractivity contribution in [3.05, 3.63) is 71.4 Å². The molecule has 0 aliphatic carbocycles. The Bertz CT molecular complexity index is 1040. The standard InChI is InChI=1S/C21H19N5O2/c1-13-12-18(25(2)3)24-21(22-13)23-14-8-10-15(11-9-14)26-19(27)16-6-4-5-7-17(16)20(26)28/h4-12H,1-3H3,(H,22,23,24). The Morgan fingerprint density at radius 3 is 2.07 bits per heavy atom. The Labute approximate surface area is 162 Å². The Kier molecular flexibility index (Phi) is 4.27. The predicted octanol–water partition coefficient (Wildman–Crippen LogP) is 3.40. The van der Waals surface area contributed by atoms with Crippen LogP contribution in [0.15, 0.2) is 54.6 Å². The molecule has 2 amide bonds. The maximum Gasteiger partial charge on any atom is 0.266 e. The first-order chi connectivity index (χ1) is 13.4. The molecule has 7 nitrogen and oxygen atoms in total. The molecule has 1 aromatic heterocycles. The third-order valence-electron chi connectivity index (χ3n) is 4.47. The number of carbonyl (C=O) groups excluding carboxylic acids is 2. The van der Waals surface area contributed by atoms with Gasteiger partial charge in [-0.3, -0.25) is 9.59 Å². The van der Waals surface area contributed by atoms with Crippen LogP contribution in [-0.2, 0) is 0 Å². The number of amides is 2. The number of rotatable bonds is 4. The van der Waals surface area contributed by atoms with E-state index in [4.69, 9.17) is 0 Å². The summed E-state index contributed by atoms with van der Waals surface area (Å²) in [7, 11) is 3.84.